The molecular weight excluding hydrogens is 272 g/mol. The number of carbonyl (C=O) groups is 2. The van der Waals surface area contributed by atoms with E-state index in [1.807, 2.05) is 12.1 Å². The summed E-state index contributed by atoms with van der Waals surface area (Å²) in [5, 5.41) is 26.8. The molecule has 0 aliphatic rings. The molecule has 0 fully saturated rings. The number of nitriles is 2. The maximum atomic E-state index is 11.7. The lowest BCUT2D eigenvalue weighted by Crippen LogP contribution is -2.14. The van der Waals surface area contributed by atoms with Crippen LogP contribution < -0.4 is 0 Å². The minimum absolute atomic E-state index is 0.0268. The van der Waals surface area contributed by atoms with Crippen LogP contribution in [-0.4, -0.2) is 23.5 Å². The fraction of sp³-hybridized carbons (Fsp3) is 0.200. The highest BCUT2D eigenvalue weighted by Gasteiger charge is 2.17. The highest BCUT2D eigenvalue weighted by Crippen LogP contribution is 2.22. The third-order valence-corrected chi connectivity index (χ3v) is 2.51. The number of rotatable bonds is 5. The van der Waals surface area contributed by atoms with Crippen LogP contribution in [0.25, 0.3) is 6.08 Å². The first-order valence-corrected chi connectivity index (χ1v) is 5.99. The molecule has 0 amide bonds. The number of nitrogens with zero attached hydrogens (tertiary/aromatic N) is 2. The van der Waals surface area contributed by atoms with Gasteiger partial charge >= 0.3 is 5.97 Å². The summed E-state index contributed by atoms with van der Waals surface area (Å²) in [4.78, 5) is 23.2. The number of hydrogen-bond donors (Lipinski definition) is 1. The van der Waals surface area contributed by atoms with Crippen molar-refractivity contribution in [3.8, 4) is 17.9 Å². The zero-order valence-electron chi connectivity index (χ0n) is 11.3. The molecule has 0 bridgehead atoms. The second-order valence-electron chi connectivity index (χ2n) is 4.04. The van der Waals surface area contributed by atoms with Crippen molar-refractivity contribution in [1.29, 1.82) is 10.5 Å². The molecule has 6 nitrogen and oxygen atoms in total. The van der Waals surface area contributed by atoms with Crippen molar-refractivity contribution < 1.29 is 19.4 Å². The molecular formula is C15H12N2O4. The molecule has 0 saturated heterocycles. The molecule has 0 aromatic heterocycles. The van der Waals surface area contributed by atoms with Crippen molar-refractivity contribution in [2.75, 3.05) is 6.61 Å². The van der Waals surface area contributed by atoms with E-state index in [2.05, 4.69) is 0 Å². The fourth-order valence-electron chi connectivity index (χ4n) is 1.46. The molecule has 21 heavy (non-hydrogen) atoms. The summed E-state index contributed by atoms with van der Waals surface area (Å²) in [7, 11) is 0. The van der Waals surface area contributed by atoms with E-state index in [4.69, 9.17) is 15.3 Å². The molecule has 106 valence electrons. The molecule has 0 aliphatic carbocycles. The zero-order chi connectivity index (χ0) is 15.8. The second-order valence-corrected chi connectivity index (χ2v) is 4.04. The number of Topliss-reactive ketones (excluding diaryl/α,β-unsaturated/α-hetero) is 1. The lowest BCUT2D eigenvalue weighted by Gasteiger charge is -2.05. The number of benzene rings is 1. The third kappa shape index (κ3) is 4.48. The topological polar surface area (TPSA) is 111 Å². The molecule has 0 heterocycles. The molecule has 0 saturated carbocycles. The van der Waals surface area contributed by atoms with E-state index in [0.29, 0.717) is 0 Å². The Morgan fingerprint density at radius 1 is 1.38 bits per heavy atom. The highest BCUT2D eigenvalue weighted by molar-refractivity contribution is 6.19. The van der Waals surface area contributed by atoms with Gasteiger partial charge in [0.05, 0.1) is 24.1 Å². The van der Waals surface area contributed by atoms with Crippen molar-refractivity contribution in [3.63, 3.8) is 0 Å². The Labute approximate surface area is 121 Å². The second kappa shape index (κ2) is 7.46. The number of carbonyl (C=O) groups excluding carboxylic acids is 2. The maximum absolute atomic E-state index is 11.7. The summed E-state index contributed by atoms with van der Waals surface area (Å²) in [5.74, 6) is -1.61. The van der Waals surface area contributed by atoms with E-state index in [1.165, 1.54) is 31.2 Å². The van der Waals surface area contributed by atoms with Crippen LogP contribution in [0.5, 0.6) is 5.75 Å². The summed E-state index contributed by atoms with van der Waals surface area (Å²) in [6.45, 7) is 1.08. The van der Waals surface area contributed by atoms with Crippen LogP contribution in [0.1, 0.15) is 24.5 Å². The van der Waals surface area contributed by atoms with Crippen LogP contribution in [0.2, 0.25) is 0 Å². The Morgan fingerprint density at radius 2 is 2.10 bits per heavy atom. The number of phenols is 1. The van der Waals surface area contributed by atoms with E-state index < -0.39 is 11.8 Å². The Hall–Kier alpha value is -3.12. The number of aromatic hydroxyl groups is 1. The van der Waals surface area contributed by atoms with Crippen molar-refractivity contribution in [2.45, 2.75) is 13.3 Å². The first kappa shape index (κ1) is 15.9. The van der Waals surface area contributed by atoms with Gasteiger partial charge < -0.3 is 9.84 Å². The average Bonchev–Trinajstić information content (AvgIpc) is 2.45. The van der Waals surface area contributed by atoms with Crippen LogP contribution >= 0.6 is 0 Å². The molecule has 1 rings (SSSR count). The SMILES string of the molecule is CC(=O)/C(=C/c1ccc(C#N)cc1O)C(=O)OCCC#N. The lowest BCUT2D eigenvalue weighted by atomic mass is 10.1. The smallest absolute Gasteiger partial charge is 0.341 e. The molecule has 0 radical (unpaired) electrons. The summed E-state index contributed by atoms with van der Waals surface area (Å²) in [6, 6.07) is 7.76. The molecule has 1 aromatic rings. The largest absolute Gasteiger partial charge is 0.507 e. The predicted molar refractivity (Wildman–Crippen MR) is 72.7 cm³/mol. The fourth-order valence-corrected chi connectivity index (χ4v) is 1.46. The van der Waals surface area contributed by atoms with Gasteiger partial charge in [-0.05, 0) is 31.2 Å². The van der Waals surface area contributed by atoms with E-state index in [0.717, 1.165) is 0 Å². The van der Waals surface area contributed by atoms with E-state index in [1.54, 1.807) is 0 Å². The number of hydrogen-bond acceptors (Lipinski definition) is 6. The number of ketones is 1. The van der Waals surface area contributed by atoms with E-state index in [-0.39, 0.29) is 35.5 Å². The minimum Gasteiger partial charge on any atom is -0.507 e. The van der Waals surface area contributed by atoms with Gasteiger partial charge in [-0.2, -0.15) is 10.5 Å². The third-order valence-electron chi connectivity index (χ3n) is 2.51. The minimum atomic E-state index is -0.860. The van der Waals surface area contributed by atoms with Gasteiger partial charge in [0.2, 0.25) is 0 Å². The average molecular weight is 284 g/mol. The Kier molecular flexibility index (Phi) is 5.66. The summed E-state index contributed by atoms with van der Waals surface area (Å²) in [5.41, 5.74) is 0.231. The van der Waals surface area contributed by atoms with Crippen molar-refractivity contribution >= 4 is 17.8 Å². The van der Waals surface area contributed by atoms with Gasteiger partial charge in [-0.1, -0.05) is 0 Å². The monoisotopic (exact) mass is 284 g/mol. The molecule has 0 spiro atoms. The molecule has 0 unspecified atom stereocenters. The number of phenolic OH excluding ortho intramolecular Hbond substituents is 1. The van der Waals surface area contributed by atoms with Crippen LogP contribution in [-0.2, 0) is 14.3 Å². The molecule has 0 aliphatic heterocycles. The molecule has 6 heteroatoms. The van der Waals surface area contributed by atoms with Crippen molar-refractivity contribution in [2.24, 2.45) is 0 Å². The molecule has 1 N–H and O–H groups in total. The standard InChI is InChI=1S/C15H12N2O4/c1-10(18)13(15(20)21-6-2-5-16)8-12-4-3-11(9-17)7-14(12)19/h3-4,7-8,19H,2,6H2,1H3/b13-8-. The Bertz CT molecular complexity index is 678. The first-order chi connectivity index (χ1) is 9.99. The van der Waals surface area contributed by atoms with Gasteiger partial charge in [-0.15, -0.1) is 0 Å². The van der Waals surface area contributed by atoms with Gasteiger partial charge in [-0.3, -0.25) is 4.79 Å². The predicted octanol–water partition coefficient (Wildman–Crippen LogP) is 1.69. The highest BCUT2D eigenvalue weighted by atomic mass is 16.5. The summed E-state index contributed by atoms with van der Waals surface area (Å²) >= 11 is 0. The van der Waals surface area contributed by atoms with Crippen molar-refractivity contribution in [3.05, 3.63) is 34.9 Å². The van der Waals surface area contributed by atoms with Crippen LogP contribution in [0, 0.1) is 22.7 Å². The Balaban J connectivity index is 3.06. The van der Waals surface area contributed by atoms with Gasteiger partial charge in [0.1, 0.15) is 17.9 Å². The van der Waals surface area contributed by atoms with Gasteiger partial charge in [0, 0.05) is 5.56 Å². The zero-order valence-corrected chi connectivity index (χ0v) is 11.3. The van der Waals surface area contributed by atoms with Gasteiger partial charge in [0.15, 0.2) is 5.78 Å². The van der Waals surface area contributed by atoms with Crippen LogP contribution in [0.3, 0.4) is 0 Å². The first-order valence-electron chi connectivity index (χ1n) is 5.99. The quantitative estimate of drug-likeness (QED) is 0.289. The van der Waals surface area contributed by atoms with Gasteiger partial charge in [-0.25, -0.2) is 4.79 Å². The summed E-state index contributed by atoms with van der Waals surface area (Å²) in [6.07, 6.45) is 1.21. The van der Waals surface area contributed by atoms with Crippen LogP contribution in [0.15, 0.2) is 23.8 Å². The van der Waals surface area contributed by atoms with Gasteiger partial charge in [0.25, 0.3) is 0 Å². The maximum Gasteiger partial charge on any atom is 0.341 e. The van der Waals surface area contributed by atoms with E-state index >= 15 is 0 Å². The van der Waals surface area contributed by atoms with E-state index in [9.17, 15) is 14.7 Å². The normalized spacial score (nSPS) is 10.3. The van der Waals surface area contributed by atoms with Crippen LogP contribution in [0.4, 0.5) is 0 Å². The molecule has 1 aromatic carbocycles. The number of esters is 1. The van der Waals surface area contributed by atoms with Crippen molar-refractivity contribution in [1.82, 2.24) is 0 Å². The Morgan fingerprint density at radius 3 is 2.62 bits per heavy atom. The lowest BCUT2D eigenvalue weighted by molar-refractivity contribution is -0.140. The summed E-state index contributed by atoms with van der Waals surface area (Å²) < 4.78 is 4.78. The number of ether oxygens (including phenoxy) is 1. The molecule has 0 atom stereocenters.